The number of nitrogens with one attached hydrogen (secondary N) is 2. The van der Waals surface area contributed by atoms with E-state index in [2.05, 4.69) is 27.0 Å². The molecule has 2 aromatic heterocycles. The first-order valence-electron chi connectivity index (χ1n) is 10.8. The van der Waals surface area contributed by atoms with Crippen LogP contribution in [0.25, 0.3) is 17.0 Å². The molecule has 0 bridgehead atoms. The number of fused-ring (bicyclic) bond motifs is 1. The summed E-state index contributed by atoms with van der Waals surface area (Å²) < 4.78 is 7.98. The number of hydrogen-bond donors (Lipinski definition) is 2. The summed E-state index contributed by atoms with van der Waals surface area (Å²) in [4.78, 5) is 15.9. The summed E-state index contributed by atoms with van der Waals surface area (Å²) >= 11 is 0. The van der Waals surface area contributed by atoms with Crippen molar-refractivity contribution in [2.75, 3.05) is 13.2 Å². The number of para-hydroxylation sites is 1. The second kappa shape index (κ2) is 9.23. The van der Waals surface area contributed by atoms with Crippen LogP contribution in [0.1, 0.15) is 35.4 Å². The van der Waals surface area contributed by atoms with E-state index in [1.807, 2.05) is 44.3 Å². The Morgan fingerprint density at radius 1 is 1.39 bits per heavy atom. The lowest BCUT2D eigenvalue weighted by atomic mass is 10.1. The van der Waals surface area contributed by atoms with Crippen LogP contribution in [0.3, 0.4) is 0 Å². The molecule has 0 aliphatic carbocycles. The second-order valence-corrected chi connectivity index (χ2v) is 8.11. The minimum Gasteiger partial charge on any atom is -0.376 e. The Labute approximate surface area is 182 Å². The van der Waals surface area contributed by atoms with Crippen LogP contribution < -0.4 is 5.32 Å². The monoisotopic (exact) mass is 416 g/mol. The maximum atomic E-state index is 12.6. The summed E-state index contributed by atoms with van der Waals surface area (Å²) in [5.74, 6) is -0.341. The number of carbonyl (C=O) groups is 1. The van der Waals surface area contributed by atoms with Gasteiger partial charge in [0.2, 0.25) is 0 Å². The SMILES string of the molecule is Cc1cc(/C=C(\C#N)C(=O)NCCc2c[nH]c3ccccc23)c(C)n1CC1CCCO1. The summed E-state index contributed by atoms with van der Waals surface area (Å²) in [6.07, 6.45) is 6.78. The lowest BCUT2D eigenvalue weighted by Gasteiger charge is -2.14. The minimum absolute atomic E-state index is 0.122. The third-order valence-electron chi connectivity index (χ3n) is 6.04. The Bertz CT molecular complexity index is 1160. The number of carbonyl (C=O) groups excluding carboxylic acids is 1. The average molecular weight is 417 g/mol. The van der Waals surface area contributed by atoms with Gasteiger partial charge in [0.1, 0.15) is 11.6 Å². The van der Waals surface area contributed by atoms with Gasteiger partial charge in [0.15, 0.2) is 0 Å². The highest BCUT2D eigenvalue weighted by Gasteiger charge is 2.19. The Kier molecular flexibility index (Phi) is 6.24. The Morgan fingerprint density at radius 3 is 3.00 bits per heavy atom. The summed E-state index contributed by atoms with van der Waals surface area (Å²) in [5.41, 5.74) is 5.41. The molecule has 1 fully saturated rings. The average Bonchev–Trinajstić information content (AvgIpc) is 3.49. The van der Waals surface area contributed by atoms with Gasteiger partial charge in [-0.1, -0.05) is 18.2 Å². The van der Waals surface area contributed by atoms with E-state index in [0.29, 0.717) is 13.0 Å². The van der Waals surface area contributed by atoms with Crippen LogP contribution in [0.15, 0.2) is 42.1 Å². The number of nitriles is 1. The zero-order valence-electron chi connectivity index (χ0n) is 18.1. The normalized spacial score (nSPS) is 16.5. The van der Waals surface area contributed by atoms with Gasteiger partial charge in [-0.25, -0.2) is 0 Å². The molecule has 1 aliphatic rings. The molecule has 2 N–H and O–H groups in total. The lowest BCUT2D eigenvalue weighted by Crippen LogP contribution is -2.26. The molecule has 1 unspecified atom stereocenters. The summed E-state index contributed by atoms with van der Waals surface area (Å²) in [6.45, 7) is 6.18. The third kappa shape index (κ3) is 4.57. The molecule has 1 saturated heterocycles. The molecule has 3 aromatic rings. The van der Waals surface area contributed by atoms with Crippen LogP contribution >= 0.6 is 0 Å². The number of aromatic amines is 1. The smallest absolute Gasteiger partial charge is 0.261 e. The number of rotatable bonds is 7. The zero-order valence-corrected chi connectivity index (χ0v) is 18.1. The van der Waals surface area contributed by atoms with Crippen LogP contribution in [-0.4, -0.2) is 34.7 Å². The van der Waals surface area contributed by atoms with Crippen molar-refractivity contribution in [3.63, 3.8) is 0 Å². The van der Waals surface area contributed by atoms with E-state index < -0.39 is 0 Å². The number of aromatic nitrogens is 2. The van der Waals surface area contributed by atoms with E-state index in [1.54, 1.807) is 6.08 Å². The molecule has 0 radical (unpaired) electrons. The van der Waals surface area contributed by atoms with Gasteiger partial charge < -0.3 is 19.6 Å². The fourth-order valence-corrected chi connectivity index (χ4v) is 4.30. The number of benzene rings is 1. The first kappa shape index (κ1) is 21.0. The van der Waals surface area contributed by atoms with Gasteiger partial charge in [0.25, 0.3) is 5.91 Å². The molecule has 6 nitrogen and oxygen atoms in total. The standard InChI is InChI=1S/C25H28N4O2/c1-17-12-20(18(2)29(17)16-22-6-5-11-31-22)13-21(14-26)25(30)27-10-9-19-15-28-24-8-4-3-7-23(19)24/h3-4,7-8,12-13,15,22,28H,5-6,9-11,16H2,1-2H3,(H,27,30)/b21-13+. The minimum atomic E-state index is -0.341. The van der Waals surface area contributed by atoms with Gasteiger partial charge >= 0.3 is 0 Å². The lowest BCUT2D eigenvalue weighted by molar-refractivity contribution is -0.117. The summed E-state index contributed by atoms with van der Waals surface area (Å²) in [5, 5.41) is 13.6. The van der Waals surface area contributed by atoms with E-state index in [0.717, 1.165) is 59.4 Å². The number of nitrogens with zero attached hydrogens (tertiary/aromatic N) is 2. The first-order valence-corrected chi connectivity index (χ1v) is 10.8. The van der Waals surface area contributed by atoms with E-state index in [-0.39, 0.29) is 17.6 Å². The molecule has 0 spiro atoms. The molecule has 1 amide bonds. The highest BCUT2D eigenvalue weighted by Crippen LogP contribution is 2.22. The van der Waals surface area contributed by atoms with Crippen LogP contribution in [-0.2, 0) is 22.5 Å². The molecule has 6 heteroatoms. The Morgan fingerprint density at radius 2 is 2.23 bits per heavy atom. The van der Waals surface area contributed by atoms with E-state index in [9.17, 15) is 10.1 Å². The highest BCUT2D eigenvalue weighted by molar-refractivity contribution is 6.01. The largest absolute Gasteiger partial charge is 0.376 e. The zero-order chi connectivity index (χ0) is 21.8. The fraction of sp³-hybridized carbons (Fsp3) is 0.360. The molecular formula is C25H28N4O2. The quantitative estimate of drug-likeness (QED) is 0.451. The number of hydrogen-bond acceptors (Lipinski definition) is 3. The van der Waals surface area contributed by atoms with Crippen LogP contribution in [0, 0.1) is 25.2 Å². The summed E-state index contributed by atoms with van der Waals surface area (Å²) in [7, 11) is 0. The molecule has 4 rings (SSSR count). The predicted octanol–water partition coefficient (Wildman–Crippen LogP) is 4.03. The van der Waals surface area contributed by atoms with Gasteiger partial charge in [0.05, 0.1) is 6.10 Å². The molecule has 1 atom stereocenters. The van der Waals surface area contributed by atoms with E-state index >= 15 is 0 Å². The summed E-state index contributed by atoms with van der Waals surface area (Å²) in [6, 6.07) is 12.2. The van der Waals surface area contributed by atoms with Gasteiger partial charge in [0, 0.05) is 48.2 Å². The van der Waals surface area contributed by atoms with E-state index in [4.69, 9.17) is 4.74 Å². The molecule has 0 saturated carbocycles. The van der Waals surface area contributed by atoms with Crippen molar-refractivity contribution in [2.24, 2.45) is 0 Å². The molecule has 1 aliphatic heterocycles. The first-order chi connectivity index (χ1) is 15.1. The number of H-pyrrole nitrogens is 1. The van der Waals surface area contributed by atoms with Crippen molar-refractivity contribution in [2.45, 2.75) is 45.8 Å². The van der Waals surface area contributed by atoms with Crippen molar-refractivity contribution in [3.8, 4) is 6.07 Å². The van der Waals surface area contributed by atoms with Crippen LogP contribution in [0.4, 0.5) is 0 Å². The van der Waals surface area contributed by atoms with Gasteiger partial charge in [-0.2, -0.15) is 5.26 Å². The van der Waals surface area contributed by atoms with Crippen molar-refractivity contribution in [1.82, 2.24) is 14.9 Å². The Balaban J connectivity index is 1.42. The van der Waals surface area contributed by atoms with Crippen molar-refractivity contribution >= 4 is 22.9 Å². The second-order valence-electron chi connectivity index (χ2n) is 8.11. The number of aryl methyl sites for hydroxylation is 1. The van der Waals surface area contributed by atoms with Crippen molar-refractivity contribution < 1.29 is 9.53 Å². The number of amides is 1. The third-order valence-corrected chi connectivity index (χ3v) is 6.04. The molecule has 3 heterocycles. The maximum Gasteiger partial charge on any atom is 0.261 e. The molecule has 1 aromatic carbocycles. The molecular weight excluding hydrogens is 388 g/mol. The fourth-order valence-electron chi connectivity index (χ4n) is 4.30. The topological polar surface area (TPSA) is 82.8 Å². The highest BCUT2D eigenvalue weighted by atomic mass is 16.5. The van der Waals surface area contributed by atoms with Crippen LogP contribution in [0.2, 0.25) is 0 Å². The molecule has 31 heavy (non-hydrogen) atoms. The maximum absolute atomic E-state index is 12.6. The van der Waals surface area contributed by atoms with Crippen molar-refractivity contribution in [3.05, 3.63) is 64.6 Å². The van der Waals surface area contributed by atoms with Crippen LogP contribution in [0.5, 0.6) is 0 Å². The van der Waals surface area contributed by atoms with Gasteiger partial charge in [-0.05, 0) is 62.4 Å². The van der Waals surface area contributed by atoms with Gasteiger partial charge in [-0.15, -0.1) is 0 Å². The van der Waals surface area contributed by atoms with Gasteiger partial charge in [-0.3, -0.25) is 4.79 Å². The van der Waals surface area contributed by atoms with E-state index in [1.165, 1.54) is 0 Å². The number of ether oxygens (including phenoxy) is 1. The Hall–Kier alpha value is -3.30. The molecule has 160 valence electrons. The van der Waals surface area contributed by atoms with Crippen molar-refractivity contribution in [1.29, 1.82) is 5.26 Å². The predicted molar refractivity (Wildman–Crippen MR) is 121 cm³/mol.